The Hall–Kier alpha value is -1.08. The summed E-state index contributed by atoms with van der Waals surface area (Å²) in [7, 11) is 0. The second-order valence-corrected chi connectivity index (χ2v) is 4.68. The van der Waals surface area contributed by atoms with Crippen LogP contribution in [-0.2, 0) is 0 Å². The SMILES string of the molecule is CCC(C)C(C)Nc1snc(C)c1C#N. The molecule has 0 saturated heterocycles. The molecule has 0 aliphatic carbocycles. The molecule has 0 aromatic carbocycles. The van der Waals surface area contributed by atoms with Crippen LogP contribution >= 0.6 is 11.5 Å². The normalized spacial score (nSPS) is 14.3. The van der Waals surface area contributed by atoms with E-state index in [2.05, 4.69) is 36.5 Å². The van der Waals surface area contributed by atoms with Crippen LogP contribution in [0.4, 0.5) is 5.00 Å². The van der Waals surface area contributed by atoms with Crippen molar-refractivity contribution < 1.29 is 0 Å². The fourth-order valence-corrected chi connectivity index (χ4v) is 2.15. The summed E-state index contributed by atoms with van der Waals surface area (Å²) in [6.45, 7) is 8.39. The largest absolute Gasteiger partial charge is 0.372 e. The molecule has 1 aromatic rings. The van der Waals surface area contributed by atoms with E-state index in [-0.39, 0.29) is 0 Å². The molecule has 0 fully saturated rings. The average molecular weight is 223 g/mol. The molecular formula is C11H17N3S. The summed E-state index contributed by atoms with van der Waals surface area (Å²) in [4.78, 5) is 0. The highest BCUT2D eigenvalue weighted by molar-refractivity contribution is 7.10. The first kappa shape index (κ1) is 12.0. The van der Waals surface area contributed by atoms with Gasteiger partial charge in [0.25, 0.3) is 0 Å². The van der Waals surface area contributed by atoms with Crippen molar-refractivity contribution >= 4 is 16.5 Å². The Morgan fingerprint density at radius 1 is 1.53 bits per heavy atom. The predicted molar refractivity (Wildman–Crippen MR) is 64.1 cm³/mol. The zero-order valence-electron chi connectivity index (χ0n) is 9.66. The molecular weight excluding hydrogens is 206 g/mol. The molecule has 4 heteroatoms. The average Bonchev–Trinajstić information content (AvgIpc) is 2.57. The molecule has 1 heterocycles. The summed E-state index contributed by atoms with van der Waals surface area (Å²) in [6.07, 6.45) is 1.13. The lowest BCUT2D eigenvalue weighted by molar-refractivity contribution is 0.495. The van der Waals surface area contributed by atoms with Gasteiger partial charge in [-0.05, 0) is 31.3 Å². The van der Waals surface area contributed by atoms with Crippen molar-refractivity contribution in [1.29, 1.82) is 5.26 Å². The van der Waals surface area contributed by atoms with Gasteiger partial charge in [-0.2, -0.15) is 9.64 Å². The number of hydrogen-bond acceptors (Lipinski definition) is 4. The van der Waals surface area contributed by atoms with Crippen molar-refractivity contribution in [1.82, 2.24) is 4.37 Å². The van der Waals surface area contributed by atoms with Crippen LogP contribution in [0.5, 0.6) is 0 Å². The summed E-state index contributed by atoms with van der Waals surface area (Å²) < 4.78 is 4.18. The summed E-state index contributed by atoms with van der Waals surface area (Å²) in [5, 5.41) is 13.2. The number of rotatable bonds is 4. The van der Waals surface area contributed by atoms with Gasteiger partial charge in [0.15, 0.2) is 0 Å². The summed E-state index contributed by atoms with van der Waals surface area (Å²) in [6, 6.07) is 2.57. The zero-order chi connectivity index (χ0) is 11.4. The highest BCUT2D eigenvalue weighted by Gasteiger charge is 2.15. The lowest BCUT2D eigenvalue weighted by atomic mass is 10.0. The highest BCUT2D eigenvalue weighted by atomic mass is 32.1. The maximum atomic E-state index is 8.97. The lowest BCUT2D eigenvalue weighted by Gasteiger charge is -2.19. The summed E-state index contributed by atoms with van der Waals surface area (Å²) >= 11 is 1.37. The summed E-state index contributed by atoms with van der Waals surface area (Å²) in [5.74, 6) is 0.596. The van der Waals surface area contributed by atoms with Crippen molar-refractivity contribution in [3.05, 3.63) is 11.3 Å². The lowest BCUT2D eigenvalue weighted by Crippen LogP contribution is -2.23. The van der Waals surface area contributed by atoms with Gasteiger partial charge in [-0.15, -0.1) is 0 Å². The molecule has 1 aromatic heterocycles. The maximum Gasteiger partial charge on any atom is 0.127 e. The summed E-state index contributed by atoms with van der Waals surface area (Å²) in [5.41, 5.74) is 1.51. The van der Waals surface area contributed by atoms with Crippen LogP contribution in [0.15, 0.2) is 0 Å². The molecule has 82 valence electrons. The standard InChI is InChI=1S/C11H17N3S/c1-5-7(2)8(3)13-11-10(6-12)9(4)14-15-11/h7-8,13H,5H2,1-4H3. The van der Waals surface area contributed by atoms with Crippen LogP contribution in [0, 0.1) is 24.2 Å². The van der Waals surface area contributed by atoms with Crippen molar-refractivity contribution in [3.63, 3.8) is 0 Å². The molecule has 2 atom stereocenters. The van der Waals surface area contributed by atoms with Crippen LogP contribution in [0.25, 0.3) is 0 Å². The van der Waals surface area contributed by atoms with E-state index in [4.69, 9.17) is 5.26 Å². The Bertz CT molecular complexity index is 364. The molecule has 0 spiro atoms. The molecule has 1 rings (SSSR count). The number of nitrogens with one attached hydrogen (secondary N) is 1. The molecule has 1 N–H and O–H groups in total. The van der Waals surface area contributed by atoms with E-state index in [1.807, 2.05) is 6.92 Å². The zero-order valence-corrected chi connectivity index (χ0v) is 10.5. The third-order valence-electron chi connectivity index (χ3n) is 2.83. The minimum absolute atomic E-state index is 0.377. The van der Waals surface area contributed by atoms with Crippen molar-refractivity contribution in [2.24, 2.45) is 5.92 Å². The molecule has 15 heavy (non-hydrogen) atoms. The number of hydrogen-bond donors (Lipinski definition) is 1. The van der Waals surface area contributed by atoms with Gasteiger partial charge < -0.3 is 5.32 Å². The van der Waals surface area contributed by atoms with Crippen LogP contribution in [0.2, 0.25) is 0 Å². The van der Waals surface area contributed by atoms with Gasteiger partial charge in [-0.3, -0.25) is 0 Å². The van der Waals surface area contributed by atoms with Crippen LogP contribution in [-0.4, -0.2) is 10.4 Å². The van der Waals surface area contributed by atoms with Gasteiger partial charge in [-0.1, -0.05) is 20.3 Å². The van der Waals surface area contributed by atoms with Gasteiger partial charge >= 0.3 is 0 Å². The highest BCUT2D eigenvalue weighted by Crippen LogP contribution is 2.25. The number of nitrogens with zero attached hydrogens (tertiary/aromatic N) is 2. The number of aromatic nitrogens is 1. The Kier molecular flexibility index (Phi) is 4.10. The van der Waals surface area contributed by atoms with Gasteiger partial charge in [0, 0.05) is 6.04 Å². The molecule has 0 saturated carbocycles. The topological polar surface area (TPSA) is 48.7 Å². The molecule has 2 unspecified atom stereocenters. The van der Waals surface area contributed by atoms with E-state index in [0.29, 0.717) is 17.5 Å². The van der Waals surface area contributed by atoms with E-state index >= 15 is 0 Å². The van der Waals surface area contributed by atoms with E-state index < -0.39 is 0 Å². The minimum Gasteiger partial charge on any atom is -0.372 e. The second kappa shape index (κ2) is 5.13. The first-order valence-electron chi connectivity index (χ1n) is 5.23. The van der Waals surface area contributed by atoms with Gasteiger partial charge in [0.05, 0.1) is 5.69 Å². The van der Waals surface area contributed by atoms with Crippen LogP contribution in [0.3, 0.4) is 0 Å². The molecule has 0 radical (unpaired) electrons. The predicted octanol–water partition coefficient (Wildman–Crippen LogP) is 3.17. The first-order chi connectivity index (χ1) is 7.10. The van der Waals surface area contributed by atoms with E-state index in [1.54, 1.807) is 0 Å². The minimum atomic E-state index is 0.377. The molecule has 3 nitrogen and oxygen atoms in total. The van der Waals surface area contributed by atoms with Gasteiger partial charge in [-0.25, -0.2) is 0 Å². The van der Waals surface area contributed by atoms with Crippen LogP contribution < -0.4 is 5.32 Å². The molecule has 0 amide bonds. The Balaban J connectivity index is 2.77. The molecule has 0 aliphatic heterocycles. The molecule has 0 bridgehead atoms. The first-order valence-corrected chi connectivity index (χ1v) is 6.00. The van der Waals surface area contributed by atoms with Crippen LogP contribution in [0.1, 0.15) is 38.4 Å². The Labute approximate surface area is 95.3 Å². The maximum absolute atomic E-state index is 8.97. The smallest absolute Gasteiger partial charge is 0.127 e. The van der Waals surface area contributed by atoms with Crippen molar-refractivity contribution in [2.45, 2.75) is 40.2 Å². The monoisotopic (exact) mass is 223 g/mol. The fraction of sp³-hybridized carbons (Fsp3) is 0.636. The van der Waals surface area contributed by atoms with Gasteiger partial charge in [0.2, 0.25) is 0 Å². The van der Waals surface area contributed by atoms with Crippen molar-refractivity contribution in [2.75, 3.05) is 5.32 Å². The third-order valence-corrected chi connectivity index (χ3v) is 3.70. The Morgan fingerprint density at radius 3 is 2.73 bits per heavy atom. The number of nitriles is 1. The second-order valence-electron chi connectivity index (χ2n) is 3.90. The molecule has 0 aliphatic rings. The van der Waals surface area contributed by atoms with E-state index in [9.17, 15) is 0 Å². The third kappa shape index (κ3) is 2.69. The van der Waals surface area contributed by atoms with Gasteiger partial charge in [0.1, 0.15) is 16.6 Å². The van der Waals surface area contributed by atoms with Crippen molar-refractivity contribution in [3.8, 4) is 6.07 Å². The number of anilines is 1. The number of aryl methyl sites for hydroxylation is 1. The Morgan fingerprint density at radius 2 is 2.20 bits per heavy atom. The quantitative estimate of drug-likeness (QED) is 0.853. The van der Waals surface area contributed by atoms with E-state index in [1.165, 1.54) is 11.5 Å². The fourth-order valence-electron chi connectivity index (χ4n) is 1.30. The van der Waals surface area contributed by atoms with E-state index in [0.717, 1.165) is 17.1 Å².